The van der Waals surface area contributed by atoms with Gasteiger partial charge in [-0.3, -0.25) is 0 Å². The van der Waals surface area contributed by atoms with Crippen LogP contribution in [-0.4, -0.2) is 17.9 Å². The van der Waals surface area contributed by atoms with Crippen molar-refractivity contribution in [2.24, 2.45) is 0 Å². The van der Waals surface area contributed by atoms with E-state index in [-0.39, 0.29) is 56.1 Å². The third-order valence-electron chi connectivity index (χ3n) is 8.95. The molecule has 0 atom stereocenters. The average molecular weight is 851 g/mol. The van der Waals surface area contributed by atoms with Crippen molar-refractivity contribution >= 4 is 17.9 Å². The van der Waals surface area contributed by atoms with Gasteiger partial charge >= 0.3 is 36.9 Å². The number of aliphatic carboxylic acids is 3. The van der Waals surface area contributed by atoms with Gasteiger partial charge in [0, 0.05) is 17.9 Å². The smallest absolute Gasteiger partial charge is 0.550 e. The van der Waals surface area contributed by atoms with Crippen LogP contribution >= 0.6 is 0 Å². The van der Waals surface area contributed by atoms with Crippen molar-refractivity contribution in [3.8, 4) is 0 Å². The van der Waals surface area contributed by atoms with Gasteiger partial charge in [0.1, 0.15) is 0 Å². The Balaban J connectivity index is -0.000000307. The van der Waals surface area contributed by atoms with Crippen molar-refractivity contribution in [1.82, 2.24) is 0 Å². The first-order chi connectivity index (χ1) is 23.3. The van der Waals surface area contributed by atoms with E-state index in [0.29, 0.717) is 0 Å². The molecule has 0 aromatic heterocycles. The Labute approximate surface area is 334 Å². The summed E-state index contributed by atoms with van der Waals surface area (Å²) < 4.78 is 0. The van der Waals surface area contributed by atoms with Crippen LogP contribution in [0.5, 0.6) is 0 Å². The summed E-state index contributed by atoms with van der Waals surface area (Å²) in [5, 5.41) is 30.4. The summed E-state index contributed by atoms with van der Waals surface area (Å²) in [6, 6.07) is 0. The Kier molecular flexibility index (Phi) is 58.8. The van der Waals surface area contributed by atoms with Gasteiger partial charge in [0.2, 0.25) is 0 Å². The Morgan fingerprint density at radius 2 is 0.388 bits per heavy atom. The summed E-state index contributed by atoms with van der Waals surface area (Å²) in [5.74, 6) is -2.72. The minimum atomic E-state index is -0.907. The topological polar surface area (TPSA) is 120 Å². The standard InChI is InChI=1S/3C14H28O2.Tm/c3*1-2-3-4-5-6-7-8-9-10-11-12-13-14(15)16;/h3*2-13H2,1H3,(H,15,16);/q;;;+3/p-3. The van der Waals surface area contributed by atoms with Gasteiger partial charge in [-0.05, 0) is 38.5 Å². The number of unbranched alkanes of at least 4 members (excludes halogenated alkanes) is 30. The van der Waals surface area contributed by atoms with Crippen molar-refractivity contribution in [2.45, 2.75) is 252 Å². The van der Waals surface area contributed by atoms with Gasteiger partial charge in [-0.1, -0.05) is 213 Å². The van der Waals surface area contributed by atoms with Crippen LogP contribution in [-0.2, 0) is 14.4 Å². The summed E-state index contributed by atoms with van der Waals surface area (Å²) >= 11 is 0. The van der Waals surface area contributed by atoms with Crippen LogP contribution in [0.25, 0.3) is 0 Å². The molecule has 0 saturated carbocycles. The maximum Gasteiger partial charge on any atom is 3.00 e. The summed E-state index contributed by atoms with van der Waals surface area (Å²) in [6.45, 7) is 6.73. The Morgan fingerprint density at radius 3 is 0.510 bits per heavy atom. The van der Waals surface area contributed by atoms with Crippen LogP contribution in [0.1, 0.15) is 252 Å². The molecule has 0 spiro atoms. The molecule has 0 aliphatic rings. The quantitative estimate of drug-likeness (QED) is 0.0579. The molecule has 0 bridgehead atoms. The molecule has 0 saturated heterocycles. The molecule has 0 N–H and O–H groups in total. The molecule has 298 valence electrons. The van der Waals surface area contributed by atoms with E-state index >= 15 is 0 Å². The first-order valence-corrected chi connectivity index (χ1v) is 20.9. The minimum Gasteiger partial charge on any atom is -0.550 e. The van der Waals surface area contributed by atoms with Crippen molar-refractivity contribution in [3.05, 3.63) is 0 Å². The van der Waals surface area contributed by atoms with E-state index in [0.717, 1.165) is 38.5 Å². The number of carboxylic acids is 3. The molecule has 49 heavy (non-hydrogen) atoms. The SMILES string of the molecule is CCCCCCCCCCCCCC(=O)[O-].CCCCCCCCCCCCCC(=O)[O-].CCCCCCCCCCCCCC(=O)[O-].[Tm+3]. The first-order valence-electron chi connectivity index (χ1n) is 20.9. The molecule has 6 nitrogen and oxygen atoms in total. The summed E-state index contributed by atoms with van der Waals surface area (Å²) in [4.78, 5) is 30.4. The number of carboxylic acid groups (broad SMARTS) is 3. The molecule has 0 aliphatic heterocycles. The van der Waals surface area contributed by atoms with Crippen molar-refractivity contribution in [2.75, 3.05) is 0 Å². The molecule has 0 heterocycles. The second-order valence-corrected chi connectivity index (χ2v) is 14.0. The molecule has 0 fully saturated rings. The zero-order valence-corrected chi connectivity index (χ0v) is 34.5. The van der Waals surface area contributed by atoms with E-state index in [1.807, 2.05) is 0 Å². The van der Waals surface area contributed by atoms with Crippen LogP contribution in [0, 0.1) is 36.9 Å². The zero-order valence-electron chi connectivity index (χ0n) is 32.7. The fourth-order valence-electron chi connectivity index (χ4n) is 5.80. The van der Waals surface area contributed by atoms with Gasteiger partial charge in [-0.25, -0.2) is 0 Å². The van der Waals surface area contributed by atoms with Crippen LogP contribution in [0.2, 0.25) is 0 Å². The Morgan fingerprint density at radius 1 is 0.265 bits per heavy atom. The first kappa shape index (κ1) is 55.4. The fourth-order valence-corrected chi connectivity index (χ4v) is 5.80. The van der Waals surface area contributed by atoms with Crippen LogP contribution < -0.4 is 15.3 Å². The van der Waals surface area contributed by atoms with E-state index in [1.165, 1.54) is 173 Å². The number of carbonyl (C=O) groups is 3. The molecule has 0 aromatic carbocycles. The molecule has 0 radical (unpaired) electrons. The Bertz CT molecular complexity index is 557. The van der Waals surface area contributed by atoms with Crippen molar-refractivity contribution in [1.29, 1.82) is 0 Å². The van der Waals surface area contributed by atoms with Crippen molar-refractivity contribution < 1.29 is 66.6 Å². The second kappa shape index (κ2) is 52.0. The van der Waals surface area contributed by atoms with E-state index in [9.17, 15) is 29.7 Å². The monoisotopic (exact) mass is 851 g/mol. The van der Waals surface area contributed by atoms with E-state index in [2.05, 4.69) is 20.8 Å². The summed E-state index contributed by atoms with van der Waals surface area (Å²) in [7, 11) is 0. The summed E-state index contributed by atoms with van der Waals surface area (Å²) in [6.07, 6.45) is 42.1. The number of hydrogen-bond acceptors (Lipinski definition) is 6. The van der Waals surface area contributed by atoms with Gasteiger partial charge < -0.3 is 29.7 Å². The molecular weight excluding hydrogens is 769 g/mol. The van der Waals surface area contributed by atoms with Crippen molar-refractivity contribution in [3.63, 3.8) is 0 Å². The number of hydrogen-bond donors (Lipinski definition) is 0. The molecule has 0 aromatic rings. The van der Waals surface area contributed by atoms with E-state index < -0.39 is 17.9 Å². The molecule has 0 amide bonds. The third-order valence-corrected chi connectivity index (χ3v) is 8.95. The number of carbonyl (C=O) groups excluding carboxylic acids is 3. The van der Waals surface area contributed by atoms with Crippen LogP contribution in [0.15, 0.2) is 0 Å². The molecule has 0 aliphatic carbocycles. The Hall–Kier alpha value is -0.356. The maximum absolute atomic E-state index is 10.1. The predicted octanol–water partition coefficient (Wildman–Crippen LogP) is 10.3. The minimum absolute atomic E-state index is 0. The number of rotatable bonds is 36. The third kappa shape index (κ3) is 66.5. The molecule has 0 rings (SSSR count). The van der Waals surface area contributed by atoms with Gasteiger partial charge in [0.15, 0.2) is 0 Å². The summed E-state index contributed by atoms with van der Waals surface area (Å²) in [5.41, 5.74) is 0. The fraction of sp³-hybridized carbons (Fsp3) is 0.929. The van der Waals surface area contributed by atoms with E-state index in [4.69, 9.17) is 0 Å². The maximum atomic E-state index is 10.1. The van der Waals surface area contributed by atoms with Gasteiger partial charge in [-0.15, -0.1) is 0 Å². The molecular formula is C42H81O6Tm. The average Bonchev–Trinajstić information content (AvgIpc) is 3.05. The molecule has 7 heteroatoms. The normalized spacial score (nSPS) is 10.3. The van der Waals surface area contributed by atoms with E-state index in [1.54, 1.807) is 0 Å². The molecule has 0 unspecified atom stereocenters. The van der Waals surface area contributed by atoms with Crippen LogP contribution in [0.4, 0.5) is 0 Å². The zero-order chi connectivity index (χ0) is 36.2. The van der Waals surface area contributed by atoms with Gasteiger partial charge in [-0.2, -0.15) is 0 Å². The predicted molar refractivity (Wildman–Crippen MR) is 198 cm³/mol. The van der Waals surface area contributed by atoms with Gasteiger partial charge in [0.05, 0.1) is 0 Å². The largest absolute Gasteiger partial charge is 3.00 e. The second-order valence-electron chi connectivity index (χ2n) is 14.0. The van der Waals surface area contributed by atoms with Gasteiger partial charge in [0.25, 0.3) is 0 Å². The van der Waals surface area contributed by atoms with Crippen LogP contribution in [0.3, 0.4) is 0 Å².